The number of nitrogens with zero attached hydrogens (tertiary/aromatic N) is 4. The second kappa shape index (κ2) is 11.1. The summed E-state index contributed by atoms with van der Waals surface area (Å²) >= 11 is 3.28. The topological polar surface area (TPSA) is 67.1 Å². The third kappa shape index (κ3) is 6.40. The van der Waals surface area contributed by atoms with E-state index in [1.807, 2.05) is 30.7 Å². The van der Waals surface area contributed by atoms with Gasteiger partial charge in [0.2, 0.25) is 0 Å². The zero-order valence-electron chi connectivity index (χ0n) is 16.2. The molecule has 3 rings (SSSR count). The number of halogens is 3. The minimum absolute atomic E-state index is 0. The maximum absolute atomic E-state index is 13.9. The van der Waals surface area contributed by atoms with Crippen LogP contribution >= 0.6 is 39.9 Å². The van der Waals surface area contributed by atoms with E-state index in [1.165, 1.54) is 6.07 Å². The molecule has 2 N–H and O–H groups in total. The summed E-state index contributed by atoms with van der Waals surface area (Å²) in [5.74, 6) is 2.52. The predicted octanol–water partition coefficient (Wildman–Crippen LogP) is 3.61. The van der Waals surface area contributed by atoms with Crippen LogP contribution in [0.4, 0.5) is 4.39 Å². The minimum Gasteiger partial charge on any atom is -0.357 e. The predicted molar refractivity (Wildman–Crippen MR) is 124 cm³/mol. The largest absolute Gasteiger partial charge is 0.357 e. The van der Waals surface area contributed by atoms with Gasteiger partial charge >= 0.3 is 0 Å². The van der Waals surface area contributed by atoms with E-state index >= 15 is 0 Å². The number of aryl methyl sites for hydroxylation is 3. The van der Waals surface area contributed by atoms with Crippen LogP contribution < -0.4 is 10.6 Å². The van der Waals surface area contributed by atoms with Gasteiger partial charge < -0.3 is 10.6 Å². The van der Waals surface area contributed by atoms with E-state index < -0.39 is 0 Å². The number of guanidine groups is 1. The third-order valence-corrected chi connectivity index (χ3v) is 5.03. The standard InChI is InChI=1S/C19H26BrFN6.HI/c1-3-22-19(23-10-4-5-14-6-7-15(20)11-17(14)21)25-16-8-9-18-24-13(2)26-27(18)12-16;/h6-7,11,16H,3-5,8-10,12H2,1-2H3,(H2,22,23,25);1H. The van der Waals surface area contributed by atoms with Crippen LogP contribution in [0.1, 0.15) is 37.0 Å². The van der Waals surface area contributed by atoms with Gasteiger partial charge in [0.05, 0.1) is 6.54 Å². The van der Waals surface area contributed by atoms with Crippen molar-refractivity contribution >= 4 is 45.9 Å². The van der Waals surface area contributed by atoms with Crippen LogP contribution in [0, 0.1) is 12.7 Å². The molecule has 0 radical (unpaired) electrons. The Morgan fingerprint density at radius 1 is 1.43 bits per heavy atom. The number of benzene rings is 1. The van der Waals surface area contributed by atoms with Gasteiger partial charge in [0.15, 0.2) is 5.96 Å². The highest BCUT2D eigenvalue weighted by atomic mass is 127. The quantitative estimate of drug-likeness (QED) is 0.243. The van der Waals surface area contributed by atoms with Crippen LogP contribution in [0.5, 0.6) is 0 Å². The Hall–Kier alpha value is -1.23. The number of rotatable bonds is 6. The van der Waals surface area contributed by atoms with Gasteiger partial charge in [-0.1, -0.05) is 22.0 Å². The lowest BCUT2D eigenvalue weighted by atomic mass is 10.1. The van der Waals surface area contributed by atoms with Crippen molar-refractivity contribution in [2.24, 2.45) is 4.99 Å². The van der Waals surface area contributed by atoms with Crippen molar-refractivity contribution < 1.29 is 4.39 Å². The summed E-state index contributed by atoms with van der Waals surface area (Å²) in [4.78, 5) is 9.10. The molecule has 0 saturated heterocycles. The van der Waals surface area contributed by atoms with E-state index in [-0.39, 0.29) is 35.8 Å². The van der Waals surface area contributed by atoms with Crippen LogP contribution in [0.15, 0.2) is 27.7 Å². The van der Waals surface area contributed by atoms with E-state index in [2.05, 4.69) is 41.6 Å². The molecule has 0 saturated carbocycles. The molecule has 9 heteroatoms. The first kappa shape index (κ1) is 23.1. The zero-order chi connectivity index (χ0) is 19.2. The molecule has 154 valence electrons. The molecule has 1 aliphatic heterocycles. The van der Waals surface area contributed by atoms with Gasteiger partial charge in [-0.2, -0.15) is 5.10 Å². The molecule has 2 heterocycles. The van der Waals surface area contributed by atoms with Crippen molar-refractivity contribution in [1.29, 1.82) is 0 Å². The third-order valence-electron chi connectivity index (χ3n) is 4.54. The molecule has 2 aromatic rings. The number of aromatic nitrogens is 3. The van der Waals surface area contributed by atoms with E-state index in [4.69, 9.17) is 0 Å². The summed E-state index contributed by atoms with van der Waals surface area (Å²) in [6.07, 6.45) is 3.40. The van der Waals surface area contributed by atoms with Crippen molar-refractivity contribution in [3.05, 3.63) is 45.7 Å². The smallest absolute Gasteiger partial charge is 0.191 e. The first-order chi connectivity index (χ1) is 13.0. The second-order valence-electron chi connectivity index (χ2n) is 6.74. The first-order valence-electron chi connectivity index (χ1n) is 9.44. The average molecular weight is 565 g/mol. The maximum Gasteiger partial charge on any atom is 0.191 e. The highest BCUT2D eigenvalue weighted by Crippen LogP contribution is 2.16. The molecule has 0 aliphatic carbocycles. The number of hydrogen-bond donors (Lipinski definition) is 2. The number of hydrogen-bond acceptors (Lipinski definition) is 3. The summed E-state index contributed by atoms with van der Waals surface area (Å²) in [5.41, 5.74) is 0.729. The number of nitrogens with one attached hydrogen (secondary N) is 2. The van der Waals surface area contributed by atoms with E-state index in [0.29, 0.717) is 13.0 Å². The Balaban J connectivity index is 0.00000280. The van der Waals surface area contributed by atoms with Gasteiger partial charge in [-0.05, 0) is 50.8 Å². The zero-order valence-corrected chi connectivity index (χ0v) is 20.1. The number of aliphatic imine (C=N–C) groups is 1. The van der Waals surface area contributed by atoms with Crippen molar-refractivity contribution in [1.82, 2.24) is 25.4 Å². The lowest BCUT2D eigenvalue weighted by Gasteiger charge is -2.25. The Bertz CT molecular complexity index is 810. The second-order valence-corrected chi connectivity index (χ2v) is 7.65. The Kier molecular flexibility index (Phi) is 9.13. The fourth-order valence-corrected chi connectivity index (χ4v) is 3.58. The van der Waals surface area contributed by atoms with Crippen LogP contribution in [-0.2, 0) is 19.4 Å². The Labute approximate surface area is 190 Å². The molecule has 1 aromatic heterocycles. The summed E-state index contributed by atoms with van der Waals surface area (Å²) < 4.78 is 16.6. The molecular formula is C19H27BrFIN6. The molecule has 6 nitrogen and oxygen atoms in total. The molecule has 1 aliphatic rings. The summed E-state index contributed by atoms with van der Waals surface area (Å²) in [6.45, 7) is 6.21. The van der Waals surface area contributed by atoms with Crippen molar-refractivity contribution in [3.63, 3.8) is 0 Å². The van der Waals surface area contributed by atoms with E-state index in [1.54, 1.807) is 0 Å². The molecule has 1 atom stereocenters. The monoisotopic (exact) mass is 564 g/mol. The van der Waals surface area contributed by atoms with Gasteiger partial charge in [-0.25, -0.2) is 14.1 Å². The van der Waals surface area contributed by atoms with Gasteiger partial charge in [0, 0.05) is 30.0 Å². The summed E-state index contributed by atoms with van der Waals surface area (Å²) in [7, 11) is 0. The molecule has 1 aromatic carbocycles. The molecular weight excluding hydrogens is 538 g/mol. The van der Waals surface area contributed by atoms with Crippen LogP contribution in [-0.4, -0.2) is 39.9 Å². The highest BCUT2D eigenvalue weighted by Gasteiger charge is 2.21. The fraction of sp³-hybridized carbons (Fsp3) is 0.526. The summed E-state index contributed by atoms with van der Waals surface area (Å²) in [5, 5.41) is 11.2. The van der Waals surface area contributed by atoms with Gasteiger partial charge in [-0.3, -0.25) is 4.99 Å². The van der Waals surface area contributed by atoms with Gasteiger partial charge in [-0.15, -0.1) is 24.0 Å². The van der Waals surface area contributed by atoms with Crippen LogP contribution in [0.2, 0.25) is 0 Å². The van der Waals surface area contributed by atoms with Crippen molar-refractivity contribution in [2.75, 3.05) is 13.1 Å². The van der Waals surface area contributed by atoms with E-state index in [0.717, 1.165) is 60.0 Å². The van der Waals surface area contributed by atoms with Crippen LogP contribution in [0.25, 0.3) is 0 Å². The fourth-order valence-electron chi connectivity index (χ4n) is 3.25. The minimum atomic E-state index is -0.167. The molecule has 0 amide bonds. The van der Waals surface area contributed by atoms with Crippen molar-refractivity contribution in [3.8, 4) is 0 Å². The first-order valence-corrected chi connectivity index (χ1v) is 10.2. The SMILES string of the molecule is CCNC(=NCCCc1ccc(Br)cc1F)NC1CCc2nc(C)nn2C1.I. The maximum atomic E-state index is 13.9. The molecule has 0 bridgehead atoms. The molecule has 0 spiro atoms. The molecule has 0 fully saturated rings. The van der Waals surface area contributed by atoms with Gasteiger partial charge in [0.1, 0.15) is 17.5 Å². The molecule has 28 heavy (non-hydrogen) atoms. The van der Waals surface area contributed by atoms with Crippen molar-refractivity contribution in [2.45, 2.75) is 52.1 Å². The van der Waals surface area contributed by atoms with Crippen LogP contribution in [0.3, 0.4) is 0 Å². The van der Waals surface area contributed by atoms with E-state index in [9.17, 15) is 4.39 Å². The lowest BCUT2D eigenvalue weighted by Crippen LogP contribution is -2.47. The van der Waals surface area contributed by atoms with Gasteiger partial charge in [0.25, 0.3) is 0 Å². The molecule has 1 unspecified atom stereocenters. The number of fused-ring (bicyclic) bond motifs is 1. The highest BCUT2D eigenvalue weighted by molar-refractivity contribution is 14.0. The lowest BCUT2D eigenvalue weighted by molar-refractivity contribution is 0.392. The Morgan fingerprint density at radius 2 is 2.25 bits per heavy atom. The Morgan fingerprint density at radius 3 is 3.00 bits per heavy atom. The average Bonchev–Trinajstić information content (AvgIpc) is 2.99. The normalized spacial score (nSPS) is 16.3. The summed E-state index contributed by atoms with van der Waals surface area (Å²) in [6, 6.07) is 5.48.